The second-order valence-corrected chi connectivity index (χ2v) is 11.0. The quantitative estimate of drug-likeness (QED) is 0.234. The lowest BCUT2D eigenvalue weighted by Gasteiger charge is -2.09. The van der Waals surface area contributed by atoms with Crippen molar-refractivity contribution < 1.29 is 9.13 Å². The van der Waals surface area contributed by atoms with Gasteiger partial charge in [-0.05, 0) is 74.9 Å². The van der Waals surface area contributed by atoms with Crippen LogP contribution in [0.4, 0.5) is 0 Å². The van der Waals surface area contributed by atoms with Crippen molar-refractivity contribution in [3.05, 3.63) is 142 Å². The van der Waals surface area contributed by atoms with Crippen molar-refractivity contribution in [3.63, 3.8) is 0 Å². The molecule has 3 aromatic carbocycles. The number of rotatable bonds is 8. The third-order valence-electron chi connectivity index (χ3n) is 7.68. The Labute approximate surface area is 227 Å². The van der Waals surface area contributed by atoms with Gasteiger partial charge in [0.15, 0.2) is 0 Å². The zero-order chi connectivity index (χ0) is 26.8. The van der Waals surface area contributed by atoms with Gasteiger partial charge in [-0.3, -0.25) is 0 Å². The molecule has 0 aliphatic carbocycles. The zero-order valence-corrected chi connectivity index (χ0v) is 23.7. The summed E-state index contributed by atoms with van der Waals surface area (Å²) in [6, 6.07) is 17.9. The lowest BCUT2D eigenvalue weighted by atomic mass is 10.00. The first-order valence-electron chi connectivity index (χ1n) is 13.5. The minimum absolute atomic E-state index is 0.859. The van der Waals surface area contributed by atoms with Gasteiger partial charge in [-0.2, -0.15) is 0 Å². The molecule has 0 N–H and O–H groups in total. The van der Waals surface area contributed by atoms with Gasteiger partial charge in [0.25, 0.3) is 0 Å². The molecule has 0 unspecified atom stereocenters. The van der Waals surface area contributed by atoms with Gasteiger partial charge in [-0.15, -0.1) is 0 Å². The van der Waals surface area contributed by atoms with E-state index in [2.05, 4.69) is 146 Å². The summed E-state index contributed by atoms with van der Waals surface area (Å²) in [6.45, 7) is 16.7. The van der Waals surface area contributed by atoms with Gasteiger partial charge in [-0.1, -0.05) is 59.7 Å². The Morgan fingerprint density at radius 1 is 0.553 bits per heavy atom. The van der Waals surface area contributed by atoms with Crippen LogP contribution in [0.15, 0.2) is 86.0 Å². The third-order valence-corrected chi connectivity index (χ3v) is 7.68. The molecule has 38 heavy (non-hydrogen) atoms. The van der Waals surface area contributed by atoms with E-state index in [9.17, 15) is 0 Å². The van der Waals surface area contributed by atoms with Crippen molar-refractivity contribution in [2.24, 2.45) is 0 Å². The Balaban J connectivity index is 1.29. The van der Waals surface area contributed by atoms with Crippen LogP contribution in [-0.4, -0.2) is 9.13 Å². The Hall–Kier alpha value is -3.92. The van der Waals surface area contributed by atoms with E-state index in [0.29, 0.717) is 0 Å². The molecular weight excluding hydrogens is 464 g/mol. The third kappa shape index (κ3) is 5.80. The van der Waals surface area contributed by atoms with Crippen LogP contribution in [0, 0.1) is 41.5 Å². The van der Waals surface area contributed by atoms with Crippen molar-refractivity contribution in [1.29, 1.82) is 0 Å². The van der Waals surface area contributed by atoms with Crippen LogP contribution in [0.5, 0.6) is 0 Å². The monoisotopic (exact) mass is 504 g/mol. The fraction of sp³-hybridized carbons (Fsp3) is 0.294. The maximum atomic E-state index is 2.29. The number of aryl methyl sites for hydroxylation is 6. The second kappa shape index (κ2) is 10.8. The summed E-state index contributed by atoms with van der Waals surface area (Å²) in [4.78, 5) is 0. The van der Waals surface area contributed by atoms with E-state index < -0.39 is 0 Å². The molecular formula is C34H40N4+2. The van der Waals surface area contributed by atoms with E-state index in [1.165, 1.54) is 55.6 Å². The number of imidazole rings is 2. The van der Waals surface area contributed by atoms with Gasteiger partial charge in [0.1, 0.15) is 51.0 Å². The second-order valence-electron chi connectivity index (χ2n) is 11.0. The van der Waals surface area contributed by atoms with Gasteiger partial charge < -0.3 is 0 Å². The van der Waals surface area contributed by atoms with E-state index in [0.717, 1.165) is 26.2 Å². The highest BCUT2D eigenvalue weighted by Gasteiger charge is 2.14. The predicted octanol–water partition coefficient (Wildman–Crippen LogP) is 5.91. The smallest absolute Gasteiger partial charge is 0.233 e. The van der Waals surface area contributed by atoms with E-state index in [4.69, 9.17) is 0 Å². The van der Waals surface area contributed by atoms with E-state index >= 15 is 0 Å². The topological polar surface area (TPSA) is 17.6 Å². The molecule has 2 heterocycles. The Bertz CT molecular complexity index is 1420. The molecule has 2 aromatic heterocycles. The number of hydrogen-bond donors (Lipinski definition) is 0. The number of benzene rings is 3. The minimum Gasteiger partial charge on any atom is -0.233 e. The molecule has 0 fully saturated rings. The molecule has 0 spiro atoms. The van der Waals surface area contributed by atoms with Crippen molar-refractivity contribution in [2.75, 3.05) is 0 Å². The first-order chi connectivity index (χ1) is 18.2. The predicted molar refractivity (Wildman–Crippen MR) is 153 cm³/mol. The molecule has 0 amide bonds. The van der Waals surface area contributed by atoms with E-state index in [1.54, 1.807) is 0 Å². The Kier molecular flexibility index (Phi) is 7.33. The van der Waals surface area contributed by atoms with Crippen molar-refractivity contribution in [1.82, 2.24) is 9.13 Å². The normalized spacial score (nSPS) is 11.3. The Morgan fingerprint density at radius 3 is 1.29 bits per heavy atom. The molecule has 0 radical (unpaired) electrons. The van der Waals surface area contributed by atoms with E-state index in [-0.39, 0.29) is 0 Å². The maximum absolute atomic E-state index is 2.29. The highest BCUT2D eigenvalue weighted by atomic mass is 15.1. The molecule has 0 aliphatic rings. The highest BCUT2D eigenvalue weighted by Crippen LogP contribution is 2.19. The van der Waals surface area contributed by atoms with E-state index in [1.807, 2.05) is 0 Å². The first-order valence-corrected chi connectivity index (χ1v) is 13.5. The lowest BCUT2D eigenvalue weighted by Crippen LogP contribution is -2.35. The van der Waals surface area contributed by atoms with Crippen molar-refractivity contribution in [3.8, 4) is 0 Å². The van der Waals surface area contributed by atoms with Crippen LogP contribution < -0.4 is 9.13 Å². The molecule has 0 bridgehead atoms. The van der Waals surface area contributed by atoms with Crippen LogP contribution in [0.1, 0.15) is 55.6 Å². The van der Waals surface area contributed by atoms with Gasteiger partial charge in [-0.25, -0.2) is 18.3 Å². The summed E-state index contributed by atoms with van der Waals surface area (Å²) in [5, 5.41) is 0. The van der Waals surface area contributed by atoms with Gasteiger partial charge >= 0.3 is 0 Å². The largest absolute Gasteiger partial charge is 0.244 e. The van der Waals surface area contributed by atoms with Gasteiger partial charge in [0, 0.05) is 11.1 Å². The molecule has 0 aliphatic heterocycles. The molecule has 194 valence electrons. The molecule has 0 atom stereocenters. The average molecular weight is 505 g/mol. The SMILES string of the molecule is Cc1cc(C)c(Cn2cc[n+](Cc3ccccc3C[n+]3ccn(Cc4c(C)cc(C)cc4C)c3)c2)c(C)c1. The average Bonchev–Trinajstić information content (AvgIpc) is 3.49. The van der Waals surface area contributed by atoms with Crippen LogP contribution in [0.3, 0.4) is 0 Å². The lowest BCUT2D eigenvalue weighted by molar-refractivity contribution is -0.693. The molecule has 4 nitrogen and oxygen atoms in total. The summed E-state index contributed by atoms with van der Waals surface area (Å²) < 4.78 is 9.15. The number of aromatic nitrogens is 4. The van der Waals surface area contributed by atoms with Crippen LogP contribution in [-0.2, 0) is 26.2 Å². The zero-order valence-electron chi connectivity index (χ0n) is 23.7. The first kappa shape index (κ1) is 25.7. The van der Waals surface area contributed by atoms with Crippen LogP contribution >= 0.6 is 0 Å². The van der Waals surface area contributed by atoms with Crippen molar-refractivity contribution in [2.45, 2.75) is 67.7 Å². The number of nitrogens with zero attached hydrogens (tertiary/aromatic N) is 4. The fourth-order valence-corrected chi connectivity index (χ4v) is 5.79. The molecule has 0 saturated carbocycles. The van der Waals surface area contributed by atoms with Crippen LogP contribution in [0.25, 0.3) is 0 Å². The minimum atomic E-state index is 0.859. The summed E-state index contributed by atoms with van der Waals surface area (Å²) in [7, 11) is 0. The highest BCUT2D eigenvalue weighted by molar-refractivity contribution is 5.38. The van der Waals surface area contributed by atoms with Crippen molar-refractivity contribution >= 4 is 0 Å². The summed E-state index contributed by atoms with van der Waals surface area (Å²) in [6.07, 6.45) is 13.2. The van der Waals surface area contributed by atoms with Crippen LogP contribution in [0.2, 0.25) is 0 Å². The molecule has 5 aromatic rings. The maximum Gasteiger partial charge on any atom is 0.244 e. The summed E-state index contributed by atoms with van der Waals surface area (Å²) >= 11 is 0. The summed E-state index contributed by atoms with van der Waals surface area (Å²) in [5.74, 6) is 0. The standard InChI is InChI=1S/C34H40N4/c1-25-15-27(3)33(28(4)16-25)21-37-13-11-35(23-37)19-31-9-7-8-10-32(31)20-36-12-14-38(24-36)22-34-29(5)17-26(2)18-30(34)6/h7-18,23-24H,19-22H2,1-6H3/q+2. The summed E-state index contributed by atoms with van der Waals surface area (Å²) in [5.41, 5.74) is 13.6. The number of hydrogen-bond acceptors (Lipinski definition) is 0. The molecule has 4 heteroatoms. The van der Waals surface area contributed by atoms with Gasteiger partial charge in [0.05, 0.1) is 0 Å². The molecule has 5 rings (SSSR count). The molecule has 0 saturated heterocycles. The Morgan fingerprint density at radius 2 is 0.921 bits per heavy atom. The van der Waals surface area contributed by atoms with Gasteiger partial charge in [0.2, 0.25) is 12.7 Å². The fourth-order valence-electron chi connectivity index (χ4n) is 5.79.